The van der Waals surface area contributed by atoms with E-state index in [9.17, 15) is 13.2 Å². The molecule has 0 atom stereocenters. The van der Waals surface area contributed by atoms with E-state index in [-0.39, 0.29) is 10.8 Å². The molecule has 10 heteroatoms. The fraction of sp³-hybridized carbons (Fsp3) is 0.375. The zero-order valence-electron chi connectivity index (χ0n) is 19.5. The molecule has 0 radical (unpaired) electrons. The number of rotatable bonds is 8. The number of carbonyl (C=O) groups is 1. The van der Waals surface area contributed by atoms with Gasteiger partial charge in [0.25, 0.3) is 15.9 Å². The van der Waals surface area contributed by atoms with Gasteiger partial charge in [0, 0.05) is 37.9 Å². The van der Waals surface area contributed by atoms with Crippen LogP contribution in [0.15, 0.2) is 47.4 Å². The Balaban J connectivity index is 1.47. The lowest BCUT2D eigenvalue weighted by Gasteiger charge is -2.26. The zero-order valence-corrected chi connectivity index (χ0v) is 21.2. The van der Waals surface area contributed by atoms with Crippen molar-refractivity contribution in [3.63, 3.8) is 0 Å². The smallest absolute Gasteiger partial charge is 0.264 e. The Morgan fingerprint density at radius 2 is 1.94 bits per heavy atom. The molecule has 182 valence electrons. The fourth-order valence-electron chi connectivity index (χ4n) is 3.89. The Morgan fingerprint density at radius 3 is 2.65 bits per heavy atom. The summed E-state index contributed by atoms with van der Waals surface area (Å²) in [5, 5.41) is 3.80. The number of fused-ring (bicyclic) bond motifs is 1. The van der Waals surface area contributed by atoms with Gasteiger partial charge in [-0.25, -0.2) is 8.42 Å². The van der Waals surface area contributed by atoms with Gasteiger partial charge in [-0.3, -0.25) is 14.0 Å². The highest BCUT2D eigenvalue weighted by molar-refractivity contribution is 7.92. The number of amides is 1. The second kappa shape index (κ2) is 10.3. The van der Waals surface area contributed by atoms with Crippen LogP contribution < -0.4 is 14.4 Å². The first-order valence-corrected chi connectivity index (χ1v) is 13.3. The van der Waals surface area contributed by atoms with Crippen molar-refractivity contribution in [3.8, 4) is 5.75 Å². The number of sulfonamides is 1. The summed E-state index contributed by atoms with van der Waals surface area (Å²) in [5.74, 6) is 0.516. The van der Waals surface area contributed by atoms with E-state index < -0.39 is 10.0 Å². The van der Waals surface area contributed by atoms with Gasteiger partial charge < -0.3 is 14.8 Å². The van der Waals surface area contributed by atoms with Gasteiger partial charge in [0.05, 0.1) is 35.8 Å². The van der Waals surface area contributed by atoms with Crippen LogP contribution in [0, 0.1) is 6.92 Å². The first-order chi connectivity index (χ1) is 16.3. The highest BCUT2D eigenvalue weighted by Gasteiger charge is 2.23. The summed E-state index contributed by atoms with van der Waals surface area (Å²) in [4.78, 5) is 15.7. The molecule has 0 bridgehead atoms. The number of anilines is 1. The molecule has 4 rings (SSSR count). The molecule has 0 unspecified atom stereocenters. The number of benzene rings is 2. The van der Waals surface area contributed by atoms with E-state index in [1.165, 1.54) is 22.7 Å². The molecule has 2 heterocycles. The number of nitrogens with zero attached hydrogens (tertiary/aromatic N) is 2. The van der Waals surface area contributed by atoms with Gasteiger partial charge in [0.2, 0.25) is 0 Å². The minimum atomic E-state index is -3.75. The number of carbonyl (C=O) groups excluding carboxylic acids is 1. The highest BCUT2D eigenvalue weighted by Crippen LogP contribution is 2.32. The van der Waals surface area contributed by atoms with E-state index in [1.54, 1.807) is 37.4 Å². The molecule has 1 aliphatic heterocycles. The third-order valence-corrected chi connectivity index (χ3v) is 8.83. The van der Waals surface area contributed by atoms with E-state index in [1.807, 2.05) is 19.1 Å². The molecule has 1 saturated heterocycles. The number of thiophene rings is 1. The van der Waals surface area contributed by atoms with E-state index in [2.05, 4.69) is 10.2 Å². The third-order valence-electron chi connectivity index (χ3n) is 5.93. The molecule has 0 spiro atoms. The lowest BCUT2D eigenvalue weighted by atomic mass is 10.2. The summed E-state index contributed by atoms with van der Waals surface area (Å²) in [6.07, 6.45) is 0. The van der Waals surface area contributed by atoms with Crippen molar-refractivity contribution in [2.24, 2.45) is 0 Å². The van der Waals surface area contributed by atoms with Crippen LogP contribution in [0.2, 0.25) is 0 Å². The normalized spacial score (nSPS) is 14.8. The van der Waals surface area contributed by atoms with Gasteiger partial charge in [-0.15, -0.1) is 11.3 Å². The molecule has 1 aliphatic rings. The summed E-state index contributed by atoms with van der Waals surface area (Å²) < 4.78 is 39.1. The van der Waals surface area contributed by atoms with Gasteiger partial charge >= 0.3 is 0 Å². The van der Waals surface area contributed by atoms with Gasteiger partial charge in [-0.1, -0.05) is 0 Å². The minimum Gasteiger partial charge on any atom is -0.496 e. The predicted molar refractivity (Wildman–Crippen MR) is 135 cm³/mol. The predicted octanol–water partition coefficient (Wildman–Crippen LogP) is 3.11. The quantitative estimate of drug-likeness (QED) is 0.508. The molecule has 2 aromatic carbocycles. The number of hydrogen-bond acceptors (Lipinski definition) is 7. The minimum absolute atomic E-state index is 0.120. The van der Waals surface area contributed by atoms with Crippen molar-refractivity contribution in [1.29, 1.82) is 0 Å². The number of aryl methyl sites for hydroxylation is 1. The van der Waals surface area contributed by atoms with Crippen molar-refractivity contribution >= 4 is 43.0 Å². The van der Waals surface area contributed by atoms with Crippen molar-refractivity contribution in [2.45, 2.75) is 11.8 Å². The van der Waals surface area contributed by atoms with Gasteiger partial charge in [0.15, 0.2) is 0 Å². The molecule has 1 N–H and O–H groups in total. The van der Waals surface area contributed by atoms with Crippen molar-refractivity contribution < 1.29 is 22.7 Å². The summed E-state index contributed by atoms with van der Waals surface area (Å²) in [6, 6.07) is 12.0. The Hall–Kier alpha value is -2.66. The molecule has 3 aromatic rings. The number of hydrogen-bond donors (Lipinski definition) is 1. The number of morpholine rings is 1. The monoisotopic (exact) mass is 503 g/mol. The Bertz CT molecular complexity index is 1280. The summed E-state index contributed by atoms with van der Waals surface area (Å²) >= 11 is 1.39. The largest absolute Gasteiger partial charge is 0.496 e. The Kier molecular flexibility index (Phi) is 7.42. The van der Waals surface area contributed by atoms with E-state index in [0.717, 1.165) is 48.5 Å². The molecule has 8 nitrogen and oxygen atoms in total. The molecule has 34 heavy (non-hydrogen) atoms. The first kappa shape index (κ1) is 24.5. The molecule has 1 fully saturated rings. The molecular weight excluding hydrogens is 474 g/mol. The van der Waals surface area contributed by atoms with Crippen LogP contribution in [-0.4, -0.2) is 72.8 Å². The maximum Gasteiger partial charge on any atom is 0.264 e. The third kappa shape index (κ3) is 5.20. The van der Waals surface area contributed by atoms with Gasteiger partial charge in [0.1, 0.15) is 5.75 Å². The van der Waals surface area contributed by atoms with Crippen LogP contribution >= 0.6 is 11.3 Å². The van der Waals surface area contributed by atoms with Crippen molar-refractivity contribution in [2.75, 3.05) is 57.9 Å². The average Bonchev–Trinajstić information content (AvgIpc) is 3.27. The first-order valence-electron chi connectivity index (χ1n) is 11.0. The van der Waals surface area contributed by atoms with Crippen molar-refractivity contribution in [1.82, 2.24) is 10.2 Å². The molecule has 0 saturated carbocycles. The fourth-order valence-corrected chi connectivity index (χ4v) is 6.12. The molecule has 0 aliphatic carbocycles. The maximum atomic E-state index is 13.2. The maximum absolute atomic E-state index is 13.2. The van der Waals surface area contributed by atoms with Crippen LogP contribution in [0.5, 0.6) is 5.75 Å². The van der Waals surface area contributed by atoms with Crippen LogP contribution in [0.25, 0.3) is 10.1 Å². The summed E-state index contributed by atoms with van der Waals surface area (Å²) in [7, 11) is -0.670. The zero-order chi connectivity index (χ0) is 24.3. The highest BCUT2D eigenvalue weighted by atomic mass is 32.2. The lowest BCUT2D eigenvalue weighted by Crippen LogP contribution is -2.41. The second-order valence-electron chi connectivity index (χ2n) is 8.15. The van der Waals surface area contributed by atoms with Crippen LogP contribution in [0.3, 0.4) is 0 Å². The van der Waals surface area contributed by atoms with Crippen LogP contribution in [0.1, 0.15) is 15.2 Å². The standard InChI is InChI=1S/C24H29N3O5S2/c1-17-14-20(5-6-21(17)31-3)34(29,30)26(2)19-4-7-22-18(15-19)16-23(33-22)24(28)25-8-9-27-10-12-32-13-11-27/h4-7,14-16H,8-13H2,1-3H3,(H,25,28). The Labute approximate surface area is 204 Å². The van der Waals surface area contributed by atoms with Crippen molar-refractivity contribution in [3.05, 3.63) is 52.9 Å². The van der Waals surface area contributed by atoms with Crippen LogP contribution in [0.4, 0.5) is 5.69 Å². The van der Waals surface area contributed by atoms with E-state index in [4.69, 9.17) is 9.47 Å². The molecule has 1 amide bonds. The molecule has 1 aromatic heterocycles. The van der Waals surface area contributed by atoms with Gasteiger partial charge in [-0.2, -0.15) is 0 Å². The summed E-state index contributed by atoms with van der Waals surface area (Å²) in [6.45, 7) is 6.40. The van der Waals surface area contributed by atoms with Gasteiger partial charge in [-0.05, 0) is 60.3 Å². The number of methoxy groups -OCH3 is 1. The van der Waals surface area contributed by atoms with E-state index >= 15 is 0 Å². The number of ether oxygens (including phenoxy) is 2. The van der Waals surface area contributed by atoms with Crippen LogP contribution in [-0.2, 0) is 14.8 Å². The molecular formula is C24H29N3O5S2. The topological polar surface area (TPSA) is 88.2 Å². The SMILES string of the molecule is COc1ccc(S(=O)(=O)N(C)c2ccc3sc(C(=O)NCCN4CCOCC4)cc3c2)cc1C. The lowest BCUT2D eigenvalue weighted by molar-refractivity contribution is 0.0383. The Morgan fingerprint density at radius 1 is 1.18 bits per heavy atom. The number of nitrogens with one attached hydrogen (secondary N) is 1. The average molecular weight is 504 g/mol. The van der Waals surface area contributed by atoms with E-state index in [0.29, 0.717) is 22.9 Å². The summed E-state index contributed by atoms with van der Waals surface area (Å²) in [5.41, 5.74) is 1.27. The second-order valence-corrected chi connectivity index (χ2v) is 11.2.